The summed E-state index contributed by atoms with van der Waals surface area (Å²) in [4.78, 5) is 0. The van der Waals surface area contributed by atoms with Crippen molar-refractivity contribution in [3.63, 3.8) is 0 Å². The van der Waals surface area contributed by atoms with Gasteiger partial charge in [-0.25, -0.2) is 0 Å². The summed E-state index contributed by atoms with van der Waals surface area (Å²) in [5.74, 6) is 0. The fourth-order valence-corrected chi connectivity index (χ4v) is 0.958. The first-order valence-electron chi connectivity index (χ1n) is 2.84. The van der Waals surface area contributed by atoms with E-state index in [9.17, 15) is 0 Å². The first-order valence-corrected chi connectivity index (χ1v) is 3.64. The lowest BCUT2D eigenvalue weighted by Gasteiger charge is -1.98. The molecule has 1 radical (unpaired) electrons. The summed E-state index contributed by atoms with van der Waals surface area (Å²) in [7, 11) is 0. The van der Waals surface area contributed by atoms with Crippen LogP contribution in [0.3, 0.4) is 0 Å². The van der Waals surface area contributed by atoms with Crippen LogP contribution in [-0.2, 0) is 0 Å². The number of halogens is 1. The van der Waals surface area contributed by atoms with E-state index in [1.54, 1.807) is 0 Å². The van der Waals surface area contributed by atoms with E-state index < -0.39 is 0 Å². The molecule has 1 aromatic rings. The molecule has 0 saturated heterocycles. The molecule has 0 aliphatic rings. The first kappa shape index (κ1) is 6.81. The minimum Gasteiger partial charge on any atom is -0.0503 e. The van der Waals surface area contributed by atoms with Gasteiger partial charge in [-0.3, -0.25) is 0 Å². The van der Waals surface area contributed by atoms with Gasteiger partial charge in [0.1, 0.15) is 0 Å². The summed E-state index contributed by atoms with van der Waals surface area (Å²) in [5, 5.41) is 0. The summed E-state index contributed by atoms with van der Waals surface area (Å²) in [6.45, 7) is 4.13. The summed E-state index contributed by atoms with van der Waals surface area (Å²) in [6.07, 6.45) is 0. The van der Waals surface area contributed by atoms with Gasteiger partial charge in [-0.2, -0.15) is 0 Å². The second kappa shape index (κ2) is 2.53. The van der Waals surface area contributed by atoms with Crippen LogP contribution in [-0.4, -0.2) is 0 Å². The number of aryl methyl sites for hydroxylation is 2. The highest BCUT2D eigenvalue weighted by atomic mass is 79.9. The topological polar surface area (TPSA) is 0 Å². The lowest BCUT2D eigenvalue weighted by Crippen LogP contribution is -1.78. The highest BCUT2D eigenvalue weighted by Crippen LogP contribution is 2.18. The molecule has 1 heteroatoms. The molecular formula is C8H8Br. The third-order valence-corrected chi connectivity index (χ3v) is 2.54. The van der Waals surface area contributed by atoms with Crippen LogP contribution in [0.2, 0.25) is 0 Å². The highest BCUT2D eigenvalue weighted by molar-refractivity contribution is 9.10. The van der Waals surface area contributed by atoms with E-state index >= 15 is 0 Å². The van der Waals surface area contributed by atoms with Crippen LogP contribution in [0.5, 0.6) is 0 Å². The van der Waals surface area contributed by atoms with Crippen LogP contribution >= 0.6 is 15.9 Å². The number of hydrogen-bond acceptors (Lipinski definition) is 0. The maximum atomic E-state index is 3.46. The maximum Gasteiger partial charge on any atom is 0.0234 e. The van der Waals surface area contributed by atoms with Crippen LogP contribution in [0.1, 0.15) is 11.1 Å². The molecule has 47 valence electrons. The molecule has 1 rings (SSSR count). The van der Waals surface area contributed by atoms with Crippen molar-refractivity contribution < 1.29 is 0 Å². The normalized spacial score (nSPS) is 9.67. The molecular weight excluding hydrogens is 176 g/mol. The van der Waals surface area contributed by atoms with Crippen LogP contribution in [0.25, 0.3) is 0 Å². The fourth-order valence-electron chi connectivity index (χ4n) is 0.729. The third-order valence-electron chi connectivity index (χ3n) is 1.29. The molecule has 0 atom stereocenters. The lowest BCUT2D eigenvalue weighted by molar-refractivity contribution is 1.34. The van der Waals surface area contributed by atoms with Gasteiger partial charge in [-0.1, -0.05) is 28.1 Å². The van der Waals surface area contributed by atoms with Crippen LogP contribution in [0.4, 0.5) is 0 Å². The number of rotatable bonds is 0. The van der Waals surface area contributed by atoms with Gasteiger partial charge in [0.25, 0.3) is 0 Å². The Morgan fingerprint density at radius 1 is 1.22 bits per heavy atom. The zero-order chi connectivity index (χ0) is 6.85. The van der Waals surface area contributed by atoms with Crippen LogP contribution in [0, 0.1) is 19.9 Å². The largest absolute Gasteiger partial charge is 0.0503 e. The van der Waals surface area contributed by atoms with Crippen molar-refractivity contribution in [2.75, 3.05) is 0 Å². The van der Waals surface area contributed by atoms with Crippen molar-refractivity contribution in [1.82, 2.24) is 0 Å². The monoisotopic (exact) mass is 183 g/mol. The smallest absolute Gasteiger partial charge is 0.0234 e. The van der Waals surface area contributed by atoms with Gasteiger partial charge < -0.3 is 0 Å². The van der Waals surface area contributed by atoms with Crippen molar-refractivity contribution in [3.8, 4) is 0 Å². The average Bonchev–Trinajstić information content (AvgIpc) is 1.83. The highest BCUT2D eigenvalue weighted by Gasteiger charge is 1.94. The lowest BCUT2D eigenvalue weighted by atomic mass is 10.2. The molecule has 0 bridgehead atoms. The van der Waals surface area contributed by atoms with Crippen molar-refractivity contribution in [2.24, 2.45) is 0 Å². The minimum atomic E-state index is 1.20. The molecule has 0 fully saturated rings. The standard InChI is InChI=1S/C8H8Br/c1-6-4-3-5-7(2)8(6)9/h4-5H,1-2H3. The van der Waals surface area contributed by atoms with Gasteiger partial charge in [0.15, 0.2) is 0 Å². The van der Waals surface area contributed by atoms with Crippen LogP contribution in [0.15, 0.2) is 16.6 Å². The molecule has 0 nitrogen and oxygen atoms in total. The van der Waals surface area contributed by atoms with E-state index in [0.29, 0.717) is 0 Å². The van der Waals surface area contributed by atoms with E-state index in [4.69, 9.17) is 0 Å². The predicted octanol–water partition coefficient (Wildman–Crippen LogP) is 2.87. The summed E-state index contributed by atoms with van der Waals surface area (Å²) in [6, 6.07) is 6.98. The van der Waals surface area contributed by atoms with Gasteiger partial charge in [0.2, 0.25) is 0 Å². The molecule has 0 amide bonds. The average molecular weight is 184 g/mol. The molecule has 0 aliphatic heterocycles. The molecule has 0 saturated carbocycles. The van der Waals surface area contributed by atoms with Gasteiger partial charge >= 0.3 is 0 Å². The molecule has 0 N–H and O–H groups in total. The first-order chi connectivity index (χ1) is 4.22. The Labute approximate surface area is 64.0 Å². The van der Waals surface area contributed by atoms with Crippen molar-refractivity contribution in [2.45, 2.75) is 13.8 Å². The Balaban J connectivity index is 3.25. The minimum absolute atomic E-state index is 1.20. The third kappa shape index (κ3) is 1.33. The quantitative estimate of drug-likeness (QED) is 0.581. The van der Waals surface area contributed by atoms with Crippen molar-refractivity contribution in [3.05, 3.63) is 33.8 Å². The molecule has 0 aromatic heterocycles. The Morgan fingerprint density at radius 2 is 1.67 bits per heavy atom. The zero-order valence-electron chi connectivity index (χ0n) is 5.53. The molecule has 1 aromatic carbocycles. The summed E-state index contributed by atoms with van der Waals surface area (Å²) >= 11 is 3.46. The summed E-state index contributed by atoms with van der Waals surface area (Å²) in [5.41, 5.74) is 2.49. The Kier molecular flexibility index (Phi) is 1.91. The van der Waals surface area contributed by atoms with Gasteiger partial charge in [0, 0.05) is 4.47 Å². The SMILES string of the molecule is Cc1c[c]cc(C)c1Br. The summed E-state index contributed by atoms with van der Waals surface area (Å²) < 4.78 is 1.20. The Hall–Kier alpha value is -0.300. The van der Waals surface area contributed by atoms with E-state index in [2.05, 4.69) is 35.8 Å². The Bertz CT molecular complexity index is 196. The van der Waals surface area contributed by atoms with Crippen LogP contribution < -0.4 is 0 Å². The van der Waals surface area contributed by atoms with Gasteiger partial charge in [-0.15, -0.1) is 0 Å². The molecule has 0 heterocycles. The molecule has 0 unspecified atom stereocenters. The maximum absolute atomic E-state index is 3.46. The fraction of sp³-hybridized carbons (Fsp3) is 0.250. The van der Waals surface area contributed by atoms with Gasteiger partial charge in [0.05, 0.1) is 0 Å². The number of hydrogen-bond donors (Lipinski definition) is 0. The second-order valence-electron chi connectivity index (χ2n) is 2.14. The van der Waals surface area contributed by atoms with E-state index in [1.807, 2.05) is 12.1 Å². The predicted molar refractivity (Wildman–Crippen MR) is 42.5 cm³/mol. The van der Waals surface area contributed by atoms with E-state index in [-0.39, 0.29) is 0 Å². The Morgan fingerprint density at radius 3 is 2.00 bits per heavy atom. The molecule has 0 aliphatic carbocycles. The number of benzene rings is 1. The van der Waals surface area contributed by atoms with E-state index in [0.717, 1.165) is 0 Å². The van der Waals surface area contributed by atoms with Crippen molar-refractivity contribution >= 4 is 15.9 Å². The molecule has 9 heavy (non-hydrogen) atoms. The van der Waals surface area contributed by atoms with E-state index in [1.165, 1.54) is 15.6 Å². The molecule has 0 spiro atoms. The zero-order valence-corrected chi connectivity index (χ0v) is 7.12. The van der Waals surface area contributed by atoms with Crippen molar-refractivity contribution in [1.29, 1.82) is 0 Å². The second-order valence-corrected chi connectivity index (χ2v) is 2.93. The van der Waals surface area contributed by atoms with Gasteiger partial charge in [-0.05, 0) is 31.0 Å².